The predicted octanol–water partition coefficient (Wildman–Crippen LogP) is 2.05. The first kappa shape index (κ1) is 17.2. The highest BCUT2D eigenvalue weighted by atomic mass is 19.1. The van der Waals surface area contributed by atoms with Crippen LogP contribution >= 0.6 is 0 Å². The molecule has 6 nitrogen and oxygen atoms in total. The Morgan fingerprint density at radius 1 is 1.32 bits per heavy atom. The van der Waals surface area contributed by atoms with Gasteiger partial charge >= 0.3 is 0 Å². The number of aliphatic hydroxyl groups is 1. The molecule has 3 rings (SSSR count). The summed E-state index contributed by atoms with van der Waals surface area (Å²) < 4.78 is 27.7. The van der Waals surface area contributed by atoms with E-state index < -0.39 is 29.7 Å². The molecule has 0 aliphatic carbocycles. The number of carbonyl (C=O) groups excluding carboxylic acids is 1. The minimum atomic E-state index is -0.816. The van der Waals surface area contributed by atoms with Gasteiger partial charge in [0, 0.05) is 24.8 Å². The van der Waals surface area contributed by atoms with Crippen LogP contribution in [0.4, 0.5) is 14.7 Å². The van der Waals surface area contributed by atoms with Gasteiger partial charge in [0.2, 0.25) is 5.95 Å². The van der Waals surface area contributed by atoms with Crippen LogP contribution < -0.4 is 5.32 Å². The van der Waals surface area contributed by atoms with E-state index in [1.165, 1.54) is 11.0 Å². The van der Waals surface area contributed by atoms with E-state index in [0.29, 0.717) is 5.69 Å². The monoisotopic (exact) mass is 348 g/mol. The molecule has 2 N–H and O–H groups in total. The zero-order valence-electron chi connectivity index (χ0n) is 13.8. The Hall–Kier alpha value is -2.61. The molecule has 2 unspecified atom stereocenters. The van der Waals surface area contributed by atoms with Crippen molar-refractivity contribution >= 4 is 11.9 Å². The van der Waals surface area contributed by atoms with Gasteiger partial charge in [-0.15, -0.1) is 0 Å². The normalized spacial score (nSPS) is 20.0. The summed E-state index contributed by atoms with van der Waals surface area (Å²) in [7, 11) is 1.63. The van der Waals surface area contributed by atoms with Crippen molar-refractivity contribution in [2.75, 3.05) is 18.9 Å². The third kappa shape index (κ3) is 3.43. The Labute approximate surface area is 143 Å². The van der Waals surface area contributed by atoms with E-state index in [4.69, 9.17) is 0 Å². The number of aryl methyl sites for hydroxylation is 1. The zero-order chi connectivity index (χ0) is 18.1. The molecule has 132 valence electrons. The fourth-order valence-corrected chi connectivity index (χ4v) is 3.04. The van der Waals surface area contributed by atoms with Crippen LogP contribution in [0.5, 0.6) is 0 Å². The van der Waals surface area contributed by atoms with Crippen molar-refractivity contribution in [2.45, 2.75) is 25.5 Å². The number of hydrogen-bond acceptors (Lipinski definition) is 5. The standard InChI is InChI=1S/C17H18F2N4O2/c1-9-5-14(22-17(20-2)21-9)16(25)23-8-11(24)7-15(23)12-6-10(18)3-4-13(12)19/h3-6,11,15,24H,7-8H2,1-2H3,(H,20,21,22). The Bertz CT molecular complexity index is 815. The van der Waals surface area contributed by atoms with Gasteiger partial charge in [-0.1, -0.05) is 0 Å². The molecule has 1 saturated heterocycles. The van der Waals surface area contributed by atoms with Crippen LogP contribution in [0.1, 0.15) is 34.2 Å². The number of carbonyl (C=O) groups is 1. The van der Waals surface area contributed by atoms with Crippen molar-refractivity contribution in [3.63, 3.8) is 0 Å². The molecular formula is C17H18F2N4O2. The van der Waals surface area contributed by atoms with Gasteiger partial charge in [-0.2, -0.15) is 0 Å². The molecule has 2 atom stereocenters. The lowest BCUT2D eigenvalue weighted by Gasteiger charge is -2.25. The molecule has 1 aliphatic rings. The van der Waals surface area contributed by atoms with E-state index in [0.717, 1.165) is 18.2 Å². The van der Waals surface area contributed by atoms with E-state index in [9.17, 15) is 18.7 Å². The van der Waals surface area contributed by atoms with E-state index in [1.807, 2.05) is 0 Å². The molecule has 2 aromatic rings. The molecule has 1 aliphatic heterocycles. The summed E-state index contributed by atoms with van der Waals surface area (Å²) in [5, 5.41) is 12.8. The predicted molar refractivity (Wildman–Crippen MR) is 87.1 cm³/mol. The van der Waals surface area contributed by atoms with Crippen LogP contribution in [-0.4, -0.2) is 45.6 Å². The number of amides is 1. The third-order valence-electron chi connectivity index (χ3n) is 4.15. The summed E-state index contributed by atoms with van der Waals surface area (Å²) >= 11 is 0. The fraction of sp³-hybridized carbons (Fsp3) is 0.353. The number of halogens is 2. The third-order valence-corrected chi connectivity index (χ3v) is 4.15. The average molecular weight is 348 g/mol. The van der Waals surface area contributed by atoms with Gasteiger partial charge in [-0.25, -0.2) is 18.7 Å². The minimum Gasteiger partial charge on any atom is -0.391 e. The molecule has 1 amide bonds. The van der Waals surface area contributed by atoms with Crippen molar-refractivity contribution in [3.05, 3.63) is 52.9 Å². The molecule has 0 radical (unpaired) electrons. The lowest BCUT2D eigenvalue weighted by molar-refractivity contribution is 0.0707. The van der Waals surface area contributed by atoms with Crippen LogP contribution in [-0.2, 0) is 0 Å². The summed E-state index contributed by atoms with van der Waals surface area (Å²) in [5.74, 6) is -1.39. The molecule has 0 bridgehead atoms. The van der Waals surface area contributed by atoms with Gasteiger partial charge in [-0.3, -0.25) is 4.79 Å². The highest BCUT2D eigenvalue weighted by Crippen LogP contribution is 2.35. The van der Waals surface area contributed by atoms with Crippen molar-refractivity contribution in [1.82, 2.24) is 14.9 Å². The molecular weight excluding hydrogens is 330 g/mol. The molecule has 0 spiro atoms. The van der Waals surface area contributed by atoms with Crippen molar-refractivity contribution < 1.29 is 18.7 Å². The SMILES string of the molecule is CNc1nc(C)cc(C(=O)N2CC(O)CC2c2cc(F)ccc2F)n1. The van der Waals surface area contributed by atoms with E-state index in [1.54, 1.807) is 14.0 Å². The van der Waals surface area contributed by atoms with Crippen LogP contribution in [0.2, 0.25) is 0 Å². The van der Waals surface area contributed by atoms with Crippen molar-refractivity contribution in [2.24, 2.45) is 0 Å². The number of nitrogens with one attached hydrogen (secondary N) is 1. The molecule has 25 heavy (non-hydrogen) atoms. The number of β-amino-alcohol motifs (C(OH)–C–C–N with tert-alkyl or cyclic N) is 1. The van der Waals surface area contributed by atoms with Crippen LogP contribution in [0.3, 0.4) is 0 Å². The Balaban J connectivity index is 1.98. The first-order valence-electron chi connectivity index (χ1n) is 7.86. The number of anilines is 1. The first-order chi connectivity index (χ1) is 11.9. The van der Waals surface area contributed by atoms with E-state index in [2.05, 4.69) is 15.3 Å². The summed E-state index contributed by atoms with van der Waals surface area (Å²) in [6.07, 6.45) is -0.682. The van der Waals surface area contributed by atoms with Gasteiger partial charge in [0.1, 0.15) is 17.3 Å². The second-order valence-electron chi connectivity index (χ2n) is 6.00. The maximum absolute atomic E-state index is 14.1. The quantitative estimate of drug-likeness (QED) is 0.888. The summed E-state index contributed by atoms with van der Waals surface area (Å²) in [5.41, 5.74) is 0.771. The molecule has 1 fully saturated rings. The van der Waals surface area contributed by atoms with Gasteiger partial charge in [0.15, 0.2) is 0 Å². The van der Waals surface area contributed by atoms with Crippen LogP contribution in [0.15, 0.2) is 24.3 Å². The second kappa shape index (κ2) is 6.72. The number of hydrogen-bond donors (Lipinski definition) is 2. The first-order valence-corrected chi connectivity index (χ1v) is 7.86. The zero-order valence-corrected chi connectivity index (χ0v) is 13.8. The van der Waals surface area contributed by atoms with Crippen LogP contribution in [0.25, 0.3) is 0 Å². The summed E-state index contributed by atoms with van der Waals surface area (Å²) in [6.45, 7) is 1.75. The Kier molecular flexibility index (Phi) is 4.63. The second-order valence-corrected chi connectivity index (χ2v) is 6.00. The Morgan fingerprint density at radius 2 is 2.08 bits per heavy atom. The Morgan fingerprint density at radius 3 is 2.80 bits per heavy atom. The highest BCUT2D eigenvalue weighted by molar-refractivity contribution is 5.93. The summed E-state index contributed by atoms with van der Waals surface area (Å²) in [4.78, 5) is 22.5. The number of aromatic nitrogens is 2. The number of nitrogens with zero attached hydrogens (tertiary/aromatic N) is 3. The van der Waals surface area contributed by atoms with Crippen molar-refractivity contribution in [3.8, 4) is 0 Å². The van der Waals surface area contributed by atoms with E-state index >= 15 is 0 Å². The molecule has 2 heterocycles. The fourth-order valence-electron chi connectivity index (χ4n) is 3.04. The van der Waals surface area contributed by atoms with Gasteiger partial charge in [-0.05, 0) is 37.6 Å². The maximum atomic E-state index is 14.1. The summed E-state index contributed by atoms with van der Waals surface area (Å²) in [6, 6.07) is 3.86. The lowest BCUT2D eigenvalue weighted by Crippen LogP contribution is -2.33. The van der Waals surface area contributed by atoms with Crippen LogP contribution in [0, 0.1) is 18.6 Å². The number of aliphatic hydroxyl groups excluding tert-OH is 1. The lowest BCUT2D eigenvalue weighted by atomic mass is 10.0. The van der Waals surface area contributed by atoms with E-state index in [-0.39, 0.29) is 30.2 Å². The number of benzene rings is 1. The van der Waals surface area contributed by atoms with Crippen molar-refractivity contribution in [1.29, 1.82) is 0 Å². The van der Waals surface area contributed by atoms with Gasteiger partial charge in [0.05, 0.1) is 12.1 Å². The molecule has 8 heteroatoms. The average Bonchev–Trinajstić information content (AvgIpc) is 2.97. The molecule has 1 aromatic carbocycles. The number of likely N-dealkylation sites (tertiary alicyclic amines) is 1. The maximum Gasteiger partial charge on any atom is 0.273 e. The molecule has 0 saturated carbocycles. The van der Waals surface area contributed by atoms with Gasteiger partial charge < -0.3 is 15.3 Å². The molecule has 1 aromatic heterocycles. The highest BCUT2D eigenvalue weighted by Gasteiger charge is 2.37. The topological polar surface area (TPSA) is 78.4 Å². The largest absolute Gasteiger partial charge is 0.391 e. The minimum absolute atomic E-state index is 0.0252. The number of rotatable bonds is 3. The van der Waals surface area contributed by atoms with Gasteiger partial charge in [0.25, 0.3) is 5.91 Å². The smallest absolute Gasteiger partial charge is 0.273 e.